The Morgan fingerprint density at radius 2 is 1.91 bits per heavy atom. The van der Waals surface area contributed by atoms with Crippen molar-refractivity contribution in [2.24, 2.45) is 0 Å². The van der Waals surface area contributed by atoms with Crippen LogP contribution >= 0.6 is 23.1 Å². The van der Waals surface area contributed by atoms with Crippen LogP contribution in [0.1, 0.15) is 64.3 Å². The Hall–Kier alpha value is -2.26. The van der Waals surface area contributed by atoms with Crippen molar-refractivity contribution in [1.29, 1.82) is 0 Å². The molecular formula is C23H31N3O4S2. The Morgan fingerprint density at radius 3 is 2.53 bits per heavy atom. The van der Waals surface area contributed by atoms with E-state index < -0.39 is 6.09 Å². The quantitative estimate of drug-likeness (QED) is 0.390. The van der Waals surface area contributed by atoms with Crippen LogP contribution in [0.25, 0.3) is 10.4 Å². The van der Waals surface area contributed by atoms with Crippen LogP contribution in [0.3, 0.4) is 0 Å². The molecule has 0 saturated heterocycles. The summed E-state index contributed by atoms with van der Waals surface area (Å²) >= 11 is 3.41. The molecule has 2 amide bonds. The maximum atomic E-state index is 11.8. The van der Waals surface area contributed by atoms with E-state index in [-0.39, 0.29) is 18.2 Å². The van der Waals surface area contributed by atoms with E-state index in [1.54, 1.807) is 29.2 Å². The average Bonchev–Trinajstić information content (AvgIpc) is 3.17. The zero-order valence-electron chi connectivity index (χ0n) is 18.9. The van der Waals surface area contributed by atoms with Crippen molar-refractivity contribution in [1.82, 2.24) is 10.3 Å². The maximum absolute atomic E-state index is 11.8. The molecule has 0 radical (unpaired) electrons. The Balaban J connectivity index is 1.68. The van der Waals surface area contributed by atoms with Gasteiger partial charge in [-0.1, -0.05) is 19.9 Å². The second kappa shape index (κ2) is 11.0. The Labute approximate surface area is 197 Å². The number of hydrogen-bond donors (Lipinski definition) is 3. The highest BCUT2D eigenvalue weighted by atomic mass is 32.2. The summed E-state index contributed by atoms with van der Waals surface area (Å²) in [6.45, 7) is 7.93. The van der Waals surface area contributed by atoms with Crippen LogP contribution < -0.4 is 10.6 Å². The smallest absolute Gasteiger partial charge is 0.409 e. The van der Waals surface area contributed by atoms with Crippen LogP contribution in [0.5, 0.6) is 0 Å². The number of alkyl carbamates (subject to hydrolysis) is 1. The van der Waals surface area contributed by atoms with Gasteiger partial charge in [0.25, 0.3) is 0 Å². The van der Waals surface area contributed by atoms with Gasteiger partial charge in [0, 0.05) is 39.6 Å². The molecule has 0 unspecified atom stereocenters. The van der Waals surface area contributed by atoms with Crippen LogP contribution in [-0.4, -0.2) is 39.7 Å². The van der Waals surface area contributed by atoms with Gasteiger partial charge in [0.05, 0.1) is 16.0 Å². The Morgan fingerprint density at radius 1 is 1.19 bits per heavy atom. The predicted molar refractivity (Wildman–Crippen MR) is 130 cm³/mol. The monoisotopic (exact) mass is 477 g/mol. The van der Waals surface area contributed by atoms with Gasteiger partial charge >= 0.3 is 12.2 Å². The molecule has 32 heavy (non-hydrogen) atoms. The lowest BCUT2D eigenvalue weighted by molar-refractivity contribution is 0.109. The van der Waals surface area contributed by atoms with Crippen LogP contribution in [0, 0.1) is 0 Å². The van der Waals surface area contributed by atoms with E-state index >= 15 is 0 Å². The summed E-state index contributed by atoms with van der Waals surface area (Å²) in [5.41, 5.74) is 1.64. The molecule has 2 aromatic rings. The summed E-state index contributed by atoms with van der Waals surface area (Å²) in [6.07, 6.45) is 4.19. The SMILES string of the molecule is CC(C)OC(=O)NC1CCC(c2ncc(-c3ccc(NC(=O)O)cc3SC(C)C)s2)CC1. The maximum Gasteiger partial charge on any atom is 0.409 e. The van der Waals surface area contributed by atoms with Crippen LogP contribution in [-0.2, 0) is 4.74 Å². The van der Waals surface area contributed by atoms with Gasteiger partial charge in [-0.25, -0.2) is 14.6 Å². The Bertz CT molecular complexity index is 937. The van der Waals surface area contributed by atoms with Crippen LogP contribution in [0.4, 0.5) is 15.3 Å². The largest absolute Gasteiger partial charge is 0.465 e. The number of nitrogens with one attached hydrogen (secondary N) is 2. The molecule has 1 aromatic carbocycles. The molecule has 9 heteroatoms. The zero-order valence-corrected chi connectivity index (χ0v) is 20.5. The normalized spacial score (nSPS) is 18.6. The first-order valence-electron chi connectivity index (χ1n) is 10.9. The first kappa shape index (κ1) is 24.4. The number of thioether (sulfide) groups is 1. The first-order chi connectivity index (χ1) is 15.2. The second-order valence-electron chi connectivity index (χ2n) is 8.52. The van der Waals surface area contributed by atoms with Gasteiger partial charge in [0.2, 0.25) is 0 Å². The fourth-order valence-corrected chi connectivity index (χ4v) is 5.98. The van der Waals surface area contributed by atoms with Crippen LogP contribution in [0.2, 0.25) is 0 Å². The van der Waals surface area contributed by atoms with E-state index in [0.29, 0.717) is 16.9 Å². The molecule has 0 bridgehead atoms. The summed E-state index contributed by atoms with van der Waals surface area (Å²) in [4.78, 5) is 29.7. The highest BCUT2D eigenvalue weighted by molar-refractivity contribution is 8.00. The molecule has 1 aliphatic carbocycles. The lowest BCUT2D eigenvalue weighted by Gasteiger charge is -2.28. The fraction of sp³-hybridized carbons (Fsp3) is 0.522. The van der Waals surface area contributed by atoms with Crippen LogP contribution in [0.15, 0.2) is 29.3 Å². The number of carbonyl (C=O) groups excluding carboxylic acids is 1. The number of anilines is 1. The van der Waals surface area contributed by atoms with Gasteiger partial charge in [-0.15, -0.1) is 23.1 Å². The van der Waals surface area contributed by atoms with E-state index in [1.807, 2.05) is 32.2 Å². The second-order valence-corrected chi connectivity index (χ2v) is 11.2. The van der Waals surface area contributed by atoms with Gasteiger partial charge in [-0.05, 0) is 51.7 Å². The summed E-state index contributed by atoms with van der Waals surface area (Å²) in [5, 5.41) is 15.9. The van der Waals surface area contributed by atoms with E-state index in [9.17, 15) is 9.59 Å². The molecule has 3 rings (SSSR count). The summed E-state index contributed by atoms with van der Waals surface area (Å²) < 4.78 is 5.19. The number of carboxylic acid groups (broad SMARTS) is 1. The summed E-state index contributed by atoms with van der Waals surface area (Å²) in [7, 11) is 0. The van der Waals surface area contributed by atoms with Crippen molar-refractivity contribution in [3.8, 4) is 10.4 Å². The van der Waals surface area contributed by atoms with Gasteiger partial charge in [0.1, 0.15) is 0 Å². The lowest BCUT2D eigenvalue weighted by Crippen LogP contribution is -2.38. The molecule has 0 spiro atoms. The molecule has 1 fully saturated rings. The number of ether oxygens (including phenoxy) is 1. The minimum atomic E-state index is -1.07. The molecule has 1 aromatic heterocycles. The number of carbonyl (C=O) groups is 2. The number of aromatic nitrogens is 1. The molecule has 1 heterocycles. The third kappa shape index (κ3) is 6.87. The van der Waals surface area contributed by atoms with Crippen molar-refractivity contribution in [2.45, 2.75) is 81.6 Å². The molecule has 1 saturated carbocycles. The van der Waals surface area contributed by atoms with E-state index in [2.05, 4.69) is 24.5 Å². The molecule has 174 valence electrons. The number of thiazole rings is 1. The minimum Gasteiger partial charge on any atom is -0.465 e. The minimum absolute atomic E-state index is 0.118. The van der Waals surface area contributed by atoms with Crippen molar-refractivity contribution in [3.05, 3.63) is 29.4 Å². The molecule has 0 atom stereocenters. The van der Waals surface area contributed by atoms with Crippen molar-refractivity contribution >= 4 is 41.0 Å². The molecule has 0 aliphatic heterocycles. The predicted octanol–water partition coefficient (Wildman–Crippen LogP) is 6.56. The average molecular weight is 478 g/mol. The van der Waals surface area contributed by atoms with Gasteiger partial charge in [0.15, 0.2) is 0 Å². The highest BCUT2D eigenvalue weighted by Crippen LogP contribution is 2.41. The lowest BCUT2D eigenvalue weighted by atomic mass is 9.86. The van der Waals surface area contributed by atoms with E-state index in [1.165, 1.54) is 0 Å². The summed E-state index contributed by atoms with van der Waals surface area (Å²) in [6, 6.07) is 5.80. The topological polar surface area (TPSA) is 101 Å². The Kier molecular flexibility index (Phi) is 8.42. The zero-order chi connectivity index (χ0) is 23.3. The van der Waals surface area contributed by atoms with Crippen molar-refractivity contribution in [2.75, 3.05) is 5.32 Å². The number of amides is 2. The van der Waals surface area contributed by atoms with E-state index in [0.717, 1.165) is 46.0 Å². The highest BCUT2D eigenvalue weighted by Gasteiger charge is 2.26. The van der Waals surface area contributed by atoms with E-state index in [4.69, 9.17) is 14.8 Å². The fourth-order valence-electron chi connectivity index (χ4n) is 3.78. The number of nitrogens with zero attached hydrogens (tertiary/aromatic N) is 1. The van der Waals surface area contributed by atoms with Crippen molar-refractivity contribution < 1.29 is 19.4 Å². The summed E-state index contributed by atoms with van der Waals surface area (Å²) in [5.74, 6) is 0.391. The molecule has 3 N–H and O–H groups in total. The van der Waals surface area contributed by atoms with Gasteiger partial charge in [-0.3, -0.25) is 5.32 Å². The molecule has 1 aliphatic rings. The number of hydrogen-bond acceptors (Lipinski definition) is 6. The van der Waals surface area contributed by atoms with Gasteiger partial charge in [-0.2, -0.15) is 0 Å². The third-order valence-corrected chi connectivity index (χ3v) is 7.38. The number of rotatable bonds is 7. The molecular weight excluding hydrogens is 446 g/mol. The number of benzene rings is 1. The first-order valence-corrected chi connectivity index (χ1v) is 12.6. The third-order valence-electron chi connectivity index (χ3n) is 5.13. The molecule has 7 nitrogen and oxygen atoms in total. The van der Waals surface area contributed by atoms with Gasteiger partial charge < -0.3 is 15.2 Å². The standard InChI is InChI=1S/C23H31N3O4S2/c1-13(2)30-23(29)26-16-7-5-15(6-8-16)21-24-12-20(32-21)18-10-9-17(25-22(27)28)11-19(18)31-14(3)4/h9-16,25H,5-8H2,1-4H3,(H,26,29)(H,27,28). The van der Waals surface area contributed by atoms with Crippen molar-refractivity contribution in [3.63, 3.8) is 0 Å².